The monoisotopic (exact) mass is 975 g/mol. The van der Waals surface area contributed by atoms with Crippen molar-refractivity contribution in [2.24, 2.45) is 0 Å². The van der Waals surface area contributed by atoms with Gasteiger partial charge in [-0.2, -0.15) is 0 Å². The number of aliphatic hydroxyl groups is 1. The third-order valence-corrected chi connectivity index (χ3v) is 13.7. The van der Waals surface area contributed by atoms with E-state index >= 15 is 0 Å². The second-order valence-electron chi connectivity index (χ2n) is 20.6. The van der Waals surface area contributed by atoms with Crippen LogP contribution in [0.5, 0.6) is 0 Å². The molecule has 0 rings (SSSR count). The Labute approximate surface area is 422 Å². The van der Waals surface area contributed by atoms with E-state index in [0.29, 0.717) is 17.4 Å². The second kappa shape index (κ2) is 50.2. The van der Waals surface area contributed by atoms with Crippen LogP contribution in [-0.4, -0.2) is 68.5 Å². The smallest absolute Gasteiger partial charge is 0.268 e. The first-order chi connectivity index (χ1) is 33.0. The van der Waals surface area contributed by atoms with Crippen molar-refractivity contribution in [2.75, 3.05) is 40.9 Å². The Bertz CT molecular complexity index is 1290. The molecule has 398 valence electrons. The van der Waals surface area contributed by atoms with Gasteiger partial charge in [0, 0.05) is 6.42 Å². The summed E-state index contributed by atoms with van der Waals surface area (Å²) in [6.45, 7) is 4.56. The summed E-state index contributed by atoms with van der Waals surface area (Å²) in [5.41, 5.74) is 0. The lowest BCUT2D eigenvalue weighted by atomic mass is 10.0. The first kappa shape index (κ1) is 66.2. The first-order valence-corrected chi connectivity index (χ1v) is 30.1. The van der Waals surface area contributed by atoms with Crippen LogP contribution >= 0.6 is 7.82 Å². The van der Waals surface area contributed by atoms with Crippen LogP contribution in [0, 0.1) is 0 Å². The summed E-state index contributed by atoms with van der Waals surface area (Å²) in [4.78, 5) is 25.5. The number of quaternary nitrogens is 1. The van der Waals surface area contributed by atoms with Gasteiger partial charge in [0.2, 0.25) is 5.91 Å². The first-order valence-electron chi connectivity index (χ1n) is 28.7. The van der Waals surface area contributed by atoms with Crippen molar-refractivity contribution < 1.29 is 32.9 Å². The number of aliphatic hydroxyl groups excluding tert-OH is 1. The molecule has 8 nitrogen and oxygen atoms in total. The Balaban J connectivity index is 4.19. The predicted octanol–water partition coefficient (Wildman–Crippen LogP) is 16.7. The molecule has 0 aliphatic heterocycles. The van der Waals surface area contributed by atoms with Gasteiger partial charge in [0.15, 0.2) is 0 Å². The molecule has 0 radical (unpaired) electrons. The number of hydrogen-bond donors (Lipinski definition) is 2. The minimum Gasteiger partial charge on any atom is -0.756 e. The van der Waals surface area contributed by atoms with Crippen LogP contribution in [0.1, 0.15) is 258 Å². The van der Waals surface area contributed by atoms with E-state index in [2.05, 4.69) is 67.8 Å². The van der Waals surface area contributed by atoms with Crippen LogP contribution in [0.15, 0.2) is 60.8 Å². The van der Waals surface area contributed by atoms with Crippen molar-refractivity contribution in [3.05, 3.63) is 60.8 Å². The number of phosphoric ester groups is 1. The maximum Gasteiger partial charge on any atom is 0.268 e. The van der Waals surface area contributed by atoms with E-state index in [0.717, 1.165) is 64.2 Å². The quantitative estimate of drug-likeness (QED) is 0.0272. The van der Waals surface area contributed by atoms with Gasteiger partial charge in [-0.1, -0.05) is 254 Å². The van der Waals surface area contributed by atoms with Crippen molar-refractivity contribution >= 4 is 13.7 Å². The van der Waals surface area contributed by atoms with Gasteiger partial charge in [0.1, 0.15) is 13.2 Å². The number of nitrogens with one attached hydrogen (secondary N) is 1. The summed E-state index contributed by atoms with van der Waals surface area (Å²) < 4.78 is 23.4. The average molecular weight is 976 g/mol. The van der Waals surface area contributed by atoms with Gasteiger partial charge in [-0.25, -0.2) is 0 Å². The highest BCUT2D eigenvalue weighted by Gasteiger charge is 2.23. The molecule has 0 aliphatic carbocycles. The molecule has 1 amide bonds. The number of phosphoric acid groups is 1. The molecule has 0 aromatic rings. The van der Waals surface area contributed by atoms with Crippen LogP contribution in [0.2, 0.25) is 0 Å². The third-order valence-electron chi connectivity index (χ3n) is 12.7. The summed E-state index contributed by atoms with van der Waals surface area (Å²) >= 11 is 0. The molecule has 2 N–H and O–H groups in total. The lowest BCUT2D eigenvalue weighted by Crippen LogP contribution is -2.45. The average Bonchev–Trinajstić information content (AvgIpc) is 3.30. The second-order valence-corrected chi connectivity index (χ2v) is 22.0. The highest BCUT2D eigenvalue weighted by atomic mass is 31.2. The molecule has 3 unspecified atom stereocenters. The van der Waals surface area contributed by atoms with Gasteiger partial charge < -0.3 is 28.8 Å². The molecule has 0 aromatic carbocycles. The Hall–Kier alpha value is -1.80. The Morgan fingerprint density at radius 2 is 0.897 bits per heavy atom. The zero-order valence-electron chi connectivity index (χ0n) is 45.3. The lowest BCUT2D eigenvalue weighted by Gasteiger charge is -2.29. The molecule has 3 atom stereocenters. The van der Waals surface area contributed by atoms with Gasteiger partial charge in [-0.3, -0.25) is 9.36 Å². The fourth-order valence-electron chi connectivity index (χ4n) is 8.26. The Morgan fingerprint density at radius 3 is 1.31 bits per heavy atom. The molecule has 0 saturated carbocycles. The fraction of sp³-hybridized carbons (Fsp3) is 0.814. The minimum atomic E-state index is -4.60. The summed E-state index contributed by atoms with van der Waals surface area (Å²) in [5, 5.41) is 13.9. The minimum absolute atomic E-state index is 0.00189. The standard InChI is InChI=1S/C59H111N2O6P/c1-6-8-10-12-14-16-18-20-22-24-26-27-28-29-30-31-32-33-35-37-39-41-43-45-47-49-51-53-59(63)60-57(56-67-68(64,65)66-55-54-61(3,4)5)58(62)52-50-48-46-44-42-40-38-36-34-25-23-21-19-17-15-13-11-9-7-2/h8,10,14,16,20,22,26-27,50,52,57-58,62H,6-7,9,11-13,15,17-19,21,23-25,28-49,51,53-56H2,1-5H3,(H-,60,63,64,65)/b10-8-,16-14-,22-20-,27-26-,52-50+. The van der Waals surface area contributed by atoms with E-state index in [-0.39, 0.29) is 19.1 Å². The number of rotatable bonds is 52. The van der Waals surface area contributed by atoms with Crippen LogP contribution in [-0.2, 0) is 18.4 Å². The van der Waals surface area contributed by atoms with Crippen molar-refractivity contribution in [1.82, 2.24) is 5.32 Å². The SMILES string of the molecule is CC/C=C\C/C=C\C/C=C\C/C=C\CCCCCCCCCCCCCCCCC(=O)NC(COP(=O)([O-])OCC[N+](C)(C)C)C(O)/C=C/CCCCCCCCCCCCCCCCCCC. The van der Waals surface area contributed by atoms with Gasteiger partial charge >= 0.3 is 0 Å². The Kier molecular flexibility index (Phi) is 48.8. The van der Waals surface area contributed by atoms with Crippen LogP contribution in [0.25, 0.3) is 0 Å². The molecule has 0 saturated heterocycles. The van der Waals surface area contributed by atoms with Crippen LogP contribution in [0.3, 0.4) is 0 Å². The number of nitrogens with zero attached hydrogens (tertiary/aromatic N) is 1. The molecule has 0 aliphatic rings. The molecular formula is C59H111N2O6P. The molecule has 68 heavy (non-hydrogen) atoms. The number of carbonyl (C=O) groups is 1. The Morgan fingerprint density at radius 1 is 0.529 bits per heavy atom. The molecule has 0 fully saturated rings. The van der Waals surface area contributed by atoms with E-state index in [9.17, 15) is 19.4 Å². The predicted molar refractivity (Wildman–Crippen MR) is 293 cm³/mol. The van der Waals surface area contributed by atoms with Crippen molar-refractivity contribution in [3.63, 3.8) is 0 Å². The van der Waals surface area contributed by atoms with Gasteiger partial charge in [-0.05, 0) is 57.8 Å². The van der Waals surface area contributed by atoms with E-state index in [4.69, 9.17) is 9.05 Å². The summed E-state index contributed by atoms with van der Waals surface area (Å²) in [7, 11) is 1.26. The van der Waals surface area contributed by atoms with Crippen LogP contribution in [0.4, 0.5) is 0 Å². The topological polar surface area (TPSA) is 108 Å². The third kappa shape index (κ3) is 52.0. The van der Waals surface area contributed by atoms with E-state index in [1.807, 2.05) is 27.2 Å². The van der Waals surface area contributed by atoms with E-state index in [1.165, 1.54) is 173 Å². The molecule has 0 heterocycles. The number of likely N-dealkylation sites (N-methyl/N-ethyl adjacent to an activating group) is 1. The maximum absolute atomic E-state index is 13.0. The summed E-state index contributed by atoms with van der Waals surface area (Å²) in [6.07, 6.45) is 67.2. The van der Waals surface area contributed by atoms with E-state index < -0.39 is 20.0 Å². The highest BCUT2D eigenvalue weighted by Crippen LogP contribution is 2.38. The summed E-state index contributed by atoms with van der Waals surface area (Å²) in [5.74, 6) is -0.197. The molecule has 0 spiro atoms. The van der Waals surface area contributed by atoms with Gasteiger partial charge in [0.25, 0.3) is 7.82 Å². The van der Waals surface area contributed by atoms with E-state index in [1.54, 1.807) is 6.08 Å². The number of amides is 1. The van der Waals surface area contributed by atoms with Crippen molar-refractivity contribution in [3.8, 4) is 0 Å². The summed E-state index contributed by atoms with van der Waals surface area (Å²) in [6, 6.07) is -0.889. The normalized spacial score (nSPS) is 14.4. The number of unbranched alkanes of at least 4 members (excludes halogenated alkanes) is 31. The maximum atomic E-state index is 13.0. The van der Waals surface area contributed by atoms with Gasteiger partial charge in [0.05, 0.1) is 39.9 Å². The van der Waals surface area contributed by atoms with Crippen molar-refractivity contribution in [1.29, 1.82) is 0 Å². The van der Waals surface area contributed by atoms with Gasteiger partial charge in [-0.15, -0.1) is 0 Å². The molecule has 0 bridgehead atoms. The van der Waals surface area contributed by atoms with Crippen LogP contribution < -0.4 is 10.2 Å². The fourth-order valence-corrected chi connectivity index (χ4v) is 8.99. The van der Waals surface area contributed by atoms with Crippen molar-refractivity contribution in [2.45, 2.75) is 270 Å². The number of allylic oxidation sites excluding steroid dienone is 9. The largest absolute Gasteiger partial charge is 0.756 e. The lowest BCUT2D eigenvalue weighted by molar-refractivity contribution is -0.870. The highest BCUT2D eigenvalue weighted by molar-refractivity contribution is 7.45. The molecular weight excluding hydrogens is 864 g/mol. The molecule has 9 heteroatoms. The zero-order chi connectivity index (χ0) is 49.9. The molecule has 0 aromatic heterocycles. The number of hydrogen-bond acceptors (Lipinski definition) is 6. The number of carbonyl (C=O) groups excluding carboxylic acids is 1. The zero-order valence-corrected chi connectivity index (χ0v) is 46.2.